The maximum absolute atomic E-state index is 12.3. The van der Waals surface area contributed by atoms with Gasteiger partial charge in [-0.15, -0.1) is 0 Å². The van der Waals surface area contributed by atoms with Crippen LogP contribution in [-0.4, -0.2) is 36.4 Å². The summed E-state index contributed by atoms with van der Waals surface area (Å²) in [5, 5.41) is 7.07. The summed E-state index contributed by atoms with van der Waals surface area (Å²) in [7, 11) is 0. The molecular formula is C18H26N2O4. The molecule has 6 heteroatoms. The molecule has 132 valence electrons. The molecule has 2 heterocycles. The zero-order valence-corrected chi connectivity index (χ0v) is 14.5. The van der Waals surface area contributed by atoms with Gasteiger partial charge in [-0.1, -0.05) is 16.8 Å². The van der Waals surface area contributed by atoms with E-state index in [0.717, 1.165) is 36.3 Å². The molecule has 0 spiro atoms. The molecule has 0 radical (unpaired) electrons. The first kappa shape index (κ1) is 17.2. The molecule has 2 atom stereocenters. The molecule has 2 aliphatic rings. The van der Waals surface area contributed by atoms with Gasteiger partial charge in [0.25, 0.3) is 0 Å². The van der Waals surface area contributed by atoms with Crippen LogP contribution < -0.4 is 5.32 Å². The second-order valence-electron chi connectivity index (χ2n) is 6.62. The average molecular weight is 334 g/mol. The Hall–Kier alpha value is -1.66. The molecule has 0 saturated carbocycles. The summed E-state index contributed by atoms with van der Waals surface area (Å²) in [6, 6.07) is -0.00581. The smallest absolute Gasteiger partial charge is 0.224 e. The molecule has 0 unspecified atom stereocenters. The number of amides is 1. The van der Waals surface area contributed by atoms with Gasteiger partial charge in [-0.2, -0.15) is 0 Å². The summed E-state index contributed by atoms with van der Waals surface area (Å²) in [6.45, 7) is 5.36. The van der Waals surface area contributed by atoms with Gasteiger partial charge in [-0.25, -0.2) is 0 Å². The molecule has 1 aromatic heterocycles. The van der Waals surface area contributed by atoms with Crippen molar-refractivity contribution in [2.75, 3.05) is 13.2 Å². The highest BCUT2D eigenvalue weighted by Gasteiger charge is 2.28. The fraction of sp³-hybridized carbons (Fsp3) is 0.667. The molecule has 1 saturated heterocycles. The van der Waals surface area contributed by atoms with Gasteiger partial charge in [-0.05, 0) is 39.5 Å². The van der Waals surface area contributed by atoms with Crippen LogP contribution in [0.15, 0.2) is 16.2 Å². The quantitative estimate of drug-likeness (QED) is 0.810. The maximum Gasteiger partial charge on any atom is 0.224 e. The summed E-state index contributed by atoms with van der Waals surface area (Å²) in [5.74, 6) is 0.860. The number of allylic oxidation sites excluding steroid dienone is 1. The van der Waals surface area contributed by atoms with Crippen molar-refractivity contribution < 1.29 is 18.8 Å². The number of ether oxygens (including phenoxy) is 2. The highest BCUT2D eigenvalue weighted by atomic mass is 16.5. The van der Waals surface area contributed by atoms with E-state index in [-0.39, 0.29) is 18.1 Å². The van der Waals surface area contributed by atoms with E-state index in [1.165, 1.54) is 12.0 Å². The first-order valence-electron chi connectivity index (χ1n) is 8.72. The molecule has 0 bridgehead atoms. The molecule has 6 nitrogen and oxygen atoms in total. The second-order valence-corrected chi connectivity index (χ2v) is 6.62. The molecule has 3 rings (SSSR count). The van der Waals surface area contributed by atoms with Gasteiger partial charge in [-0.3, -0.25) is 4.79 Å². The predicted octanol–water partition coefficient (Wildman–Crippen LogP) is 2.58. The van der Waals surface area contributed by atoms with Gasteiger partial charge in [0.15, 0.2) is 0 Å². The van der Waals surface area contributed by atoms with Crippen LogP contribution in [0.3, 0.4) is 0 Å². The van der Waals surface area contributed by atoms with E-state index in [1.807, 2.05) is 13.8 Å². The number of aryl methyl sites for hydroxylation is 2. The van der Waals surface area contributed by atoms with Crippen molar-refractivity contribution in [2.24, 2.45) is 0 Å². The first-order valence-corrected chi connectivity index (χ1v) is 8.72. The molecule has 1 aromatic rings. The number of carbonyl (C=O) groups is 1. The topological polar surface area (TPSA) is 73.6 Å². The first-order chi connectivity index (χ1) is 11.6. The molecule has 1 aliphatic heterocycles. The number of nitrogens with one attached hydrogen (secondary N) is 1. The van der Waals surface area contributed by atoms with Crippen LogP contribution in [0.5, 0.6) is 0 Å². The summed E-state index contributed by atoms with van der Waals surface area (Å²) in [5.41, 5.74) is 3.08. The van der Waals surface area contributed by atoms with E-state index in [9.17, 15) is 4.79 Å². The largest absolute Gasteiger partial charge is 0.379 e. The SMILES string of the molecule is Cc1noc(C)c1CO[C@@H]1COCC[C@H]1NC(=O)CC1=CCCC1. The summed E-state index contributed by atoms with van der Waals surface area (Å²) >= 11 is 0. The normalized spacial score (nSPS) is 24.0. The highest BCUT2D eigenvalue weighted by Crippen LogP contribution is 2.21. The summed E-state index contributed by atoms with van der Waals surface area (Å²) in [6.07, 6.45) is 6.65. The van der Waals surface area contributed by atoms with Crippen LogP contribution in [0.1, 0.15) is 49.1 Å². The Labute approximate surface area is 142 Å². The minimum Gasteiger partial charge on any atom is -0.379 e. The van der Waals surface area contributed by atoms with Crippen molar-refractivity contribution in [3.63, 3.8) is 0 Å². The Morgan fingerprint density at radius 3 is 3.04 bits per heavy atom. The number of nitrogens with zero attached hydrogens (tertiary/aromatic N) is 1. The lowest BCUT2D eigenvalue weighted by Crippen LogP contribution is -2.50. The Bertz CT molecular complexity index is 589. The number of carbonyl (C=O) groups excluding carboxylic acids is 1. The number of hydrogen-bond acceptors (Lipinski definition) is 5. The summed E-state index contributed by atoms with van der Waals surface area (Å²) < 4.78 is 16.7. The molecule has 0 aromatic carbocycles. The molecule has 1 amide bonds. The number of rotatable bonds is 6. The fourth-order valence-corrected chi connectivity index (χ4v) is 3.30. The third kappa shape index (κ3) is 4.24. The third-order valence-electron chi connectivity index (χ3n) is 4.80. The van der Waals surface area contributed by atoms with Crippen molar-refractivity contribution in [2.45, 2.75) is 64.7 Å². The number of hydrogen-bond donors (Lipinski definition) is 1. The summed E-state index contributed by atoms with van der Waals surface area (Å²) in [4.78, 5) is 12.3. The van der Waals surface area contributed by atoms with Crippen LogP contribution in [0.4, 0.5) is 0 Å². The Morgan fingerprint density at radius 1 is 1.46 bits per heavy atom. The molecule has 1 aliphatic carbocycles. The van der Waals surface area contributed by atoms with Crippen LogP contribution >= 0.6 is 0 Å². The lowest BCUT2D eigenvalue weighted by atomic mass is 10.0. The van der Waals surface area contributed by atoms with Gasteiger partial charge in [0.2, 0.25) is 5.91 Å². The lowest BCUT2D eigenvalue weighted by Gasteiger charge is -2.32. The van der Waals surface area contributed by atoms with Gasteiger partial charge < -0.3 is 19.3 Å². The van der Waals surface area contributed by atoms with Gasteiger partial charge in [0, 0.05) is 18.6 Å². The van der Waals surface area contributed by atoms with Gasteiger partial charge in [0.1, 0.15) is 11.9 Å². The average Bonchev–Trinajstić information content (AvgIpc) is 3.17. The minimum absolute atomic E-state index is 0.00581. The van der Waals surface area contributed by atoms with E-state index in [4.69, 9.17) is 14.0 Å². The van der Waals surface area contributed by atoms with Crippen LogP contribution in [0.2, 0.25) is 0 Å². The van der Waals surface area contributed by atoms with Gasteiger partial charge in [0.05, 0.1) is 24.9 Å². The van der Waals surface area contributed by atoms with E-state index >= 15 is 0 Å². The Morgan fingerprint density at radius 2 is 2.33 bits per heavy atom. The Balaban J connectivity index is 1.53. The molecule has 1 fully saturated rings. The van der Waals surface area contributed by atoms with Crippen molar-refractivity contribution >= 4 is 5.91 Å². The fourth-order valence-electron chi connectivity index (χ4n) is 3.30. The Kier molecular flexibility index (Phi) is 5.68. The zero-order valence-electron chi connectivity index (χ0n) is 14.5. The van der Waals surface area contributed by atoms with Crippen molar-refractivity contribution in [1.29, 1.82) is 0 Å². The maximum atomic E-state index is 12.3. The lowest BCUT2D eigenvalue weighted by molar-refractivity contribution is -0.126. The van der Waals surface area contributed by atoms with Crippen LogP contribution in [-0.2, 0) is 20.9 Å². The molecule has 24 heavy (non-hydrogen) atoms. The standard InChI is InChI=1S/C18H26N2O4/c1-12-15(13(2)24-20-12)10-23-17-11-22-8-7-16(17)19-18(21)9-14-5-3-4-6-14/h5,16-17H,3-4,6-11H2,1-2H3,(H,19,21)/t16-,17-/m1/s1. The van der Waals surface area contributed by atoms with E-state index < -0.39 is 0 Å². The van der Waals surface area contributed by atoms with Crippen molar-refractivity contribution in [3.8, 4) is 0 Å². The van der Waals surface area contributed by atoms with Crippen LogP contribution in [0, 0.1) is 13.8 Å². The van der Waals surface area contributed by atoms with Crippen LogP contribution in [0.25, 0.3) is 0 Å². The van der Waals surface area contributed by atoms with Gasteiger partial charge >= 0.3 is 0 Å². The monoisotopic (exact) mass is 334 g/mol. The van der Waals surface area contributed by atoms with Crippen molar-refractivity contribution in [1.82, 2.24) is 10.5 Å². The van der Waals surface area contributed by atoms with Crippen molar-refractivity contribution in [3.05, 3.63) is 28.7 Å². The third-order valence-corrected chi connectivity index (χ3v) is 4.80. The number of aromatic nitrogens is 1. The van der Waals surface area contributed by atoms with E-state index in [1.54, 1.807) is 0 Å². The molecular weight excluding hydrogens is 308 g/mol. The highest BCUT2D eigenvalue weighted by molar-refractivity contribution is 5.79. The zero-order chi connectivity index (χ0) is 16.9. The second kappa shape index (κ2) is 7.94. The molecule has 1 N–H and O–H groups in total. The van der Waals surface area contributed by atoms with E-state index in [0.29, 0.717) is 26.2 Å². The van der Waals surface area contributed by atoms with E-state index in [2.05, 4.69) is 16.5 Å². The minimum atomic E-state index is -0.144. The predicted molar refractivity (Wildman–Crippen MR) is 88.5 cm³/mol.